The molecule has 0 aliphatic carbocycles. The van der Waals surface area contributed by atoms with Gasteiger partial charge in [0.05, 0.1) is 0 Å². The maximum Gasteiger partial charge on any atom is 0.123 e. The summed E-state index contributed by atoms with van der Waals surface area (Å²) in [5.41, 5.74) is 0.970. The van der Waals surface area contributed by atoms with E-state index in [9.17, 15) is 4.39 Å². The van der Waals surface area contributed by atoms with Crippen molar-refractivity contribution in [3.8, 4) is 0 Å². The monoisotopic (exact) mass is 253 g/mol. The van der Waals surface area contributed by atoms with Gasteiger partial charge < -0.3 is 15.1 Å². The van der Waals surface area contributed by atoms with Crippen LogP contribution in [0.3, 0.4) is 0 Å². The molecule has 0 saturated carbocycles. The Labute approximate surface area is 110 Å². The molecule has 1 aromatic rings. The third kappa shape index (κ3) is 6.57. The molecule has 0 fully saturated rings. The van der Waals surface area contributed by atoms with Crippen LogP contribution in [0.5, 0.6) is 0 Å². The predicted octanol–water partition coefficient (Wildman–Crippen LogP) is 2.12. The smallest absolute Gasteiger partial charge is 0.123 e. The predicted molar refractivity (Wildman–Crippen MR) is 75.6 cm³/mol. The average Bonchev–Trinajstić information content (AvgIpc) is 2.31. The minimum atomic E-state index is -0.193. The molecule has 0 aromatic heterocycles. The van der Waals surface area contributed by atoms with E-state index >= 15 is 0 Å². The molecule has 0 spiro atoms. The summed E-state index contributed by atoms with van der Waals surface area (Å²) in [6.07, 6.45) is 1.18. The Morgan fingerprint density at radius 1 is 1.00 bits per heavy atom. The number of benzene rings is 1. The minimum absolute atomic E-state index is 0.193. The van der Waals surface area contributed by atoms with Crippen molar-refractivity contribution >= 4 is 5.69 Å². The van der Waals surface area contributed by atoms with Gasteiger partial charge in [0.1, 0.15) is 5.82 Å². The van der Waals surface area contributed by atoms with Crippen molar-refractivity contribution in [1.82, 2.24) is 9.80 Å². The number of nitrogens with zero attached hydrogens (tertiary/aromatic N) is 2. The summed E-state index contributed by atoms with van der Waals surface area (Å²) in [6, 6.07) is 6.48. The molecule has 0 heterocycles. The van der Waals surface area contributed by atoms with Crippen LogP contribution in [0.15, 0.2) is 24.3 Å². The lowest BCUT2D eigenvalue weighted by Gasteiger charge is -2.18. The van der Waals surface area contributed by atoms with Gasteiger partial charge in [-0.3, -0.25) is 0 Å². The SMILES string of the molecule is CN(C)CCCN(C)CCNc1ccc(F)cc1. The topological polar surface area (TPSA) is 18.5 Å². The van der Waals surface area contributed by atoms with Crippen LogP contribution in [0, 0.1) is 5.82 Å². The van der Waals surface area contributed by atoms with Crippen molar-refractivity contribution < 1.29 is 4.39 Å². The van der Waals surface area contributed by atoms with Gasteiger partial charge in [-0.15, -0.1) is 0 Å². The first-order valence-corrected chi connectivity index (χ1v) is 6.40. The number of rotatable bonds is 8. The van der Waals surface area contributed by atoms with Crippen LogP contribution in [0.4, 0.5) is 10.1 Å². The van der Waals surface area contributed by atoms with E-state index in [-0.39, 0.29) is 5.82 Å². The second kappa shape index (κ2) is 8.06. The number of likely N-dealkylation sites (N-methyl/N-ethyl adjacent to an activating group) is 1. The molecule has 0 radical (unpaired) electrons. The summed E-state index contributed by atoms with van der Waals surface area (Å²) in [6.45, 7) is 4.09. The largest absolute Gasteiger partial charge is 0.384 e. The fourth-order valence-corrected chi connectivity index (χ4v) is 1.73. The van der Waals surface area contributed by atoms with Gasteiger partial charge in [0.25, 0.3) is 0 Å². The van der Waals surface area contributed by atoms with Crippen LogP contribution in [-0.4, -0.2) is 57.1 Å². The van der Waals surface area contributed by atoms with Gasteiger partial charge in [-0.2, -0.15) is 0 Å². The van der Waals surface area contributed by atoms with E-state index in [0.717, 1.165) is 31.9 Å². The van der Waals surface area contributed by atoms with E-state index in [2.05, 4.69) is 36.3 Å². The highest BCUT2D eigenvalue weighted by molar-refractivity contribution is 5.42. The molecule has 0 aliphatic heterocycles. The molecule has 1 aromatic carbocycles. The number of hydrogen-bond donors (Lipinski definition) is 1. The summed E-state index contributed by atoms with van der Waals surface area (Å²) in [5.74, 6) is -0.193. The first-order chi connectivity index (χ1) is 8.58. The molecule has 1 rings (SSSR count). The van der Waals surface area contributed by atoms with Gasteiger partial charge in [0.15, 0.2) is 0 Å². The molecule has 4 heteroatoms. The van der Waals surface area contributed by atoms with Crippen molar-refractivity contribution in [3.63, 3.8) is 0 Å². The first kappa shape index (κ1) is 14.9. The summed E-state index contributed by atoms with van der Waals surface area (Å²) in [7, 11) is 6.31. The molecular weight excluding hydrogens is 229 g/mol. The lowest BCUT2D eigenvalue weighted by atomic mass is 10.3. The van der Waals surface area contributed by atoms with Gasteiger partial charge in [0.2, 0.25) is 0 Å². The Balaban J connectivity index is 2.11. The highest BCUT2D eigenvalue weighted by atomic mass is 19.1. The van der Waals surface area contributed by atoms with Crippen molar-refractivity contribution in [3.05, 3.63) is 30.1 Å². The van der Waals surface area contributed by atoms with Crippen LogP contribution in [0.25, 0.3) is 0 Å². The molecule has 102 valence electrons. The Hall–Kier alpha value is -1.13. The maximum absolute atomic E-state index is 12.7. The zero-order valence-corrected chi connectivity index (χ0v) is 11.6. The Kier molecular flexibility index (Phi) is 6.68. The third-order valence-corrected chi connectivity index (χ3v) is 2.81. The second-order valence-corrected chi connectivity index (χ2v) is 4.89. The van der Waals surface area contributed by atoms with Gasteiger partial charge in [-0.25, -0.2) is 4.39 Å². The van der Waals surface area contributed by atoms with E-state index < -0.39 is 0 Å². The van der Waals surface area contributed by atoms with E-state index in [4.69, 9.17) is 0 Å². The highest BCUT2D eigenvalue weighted by Crippen LogP contribution is 2.07. The molecule has 0 bridgehead atoms. The fourth-order valence-electron chi connectivity index (χ4n) is 1.73. The van der Waals surface area contributed by atoms with Gasteiger partial charge in [-0.1, -0.05) is 0 Å². The number of nitrogens with one attached hydrogen (secondary N) is 1. The molecule has 18 heavy (non-hydrogen) atoms. The van der Waals surface area contributed by atoms with Gasteiger partial charge in [-0.05, 0) is 64.9 Å². The average molecular weight is 253 g/mol. The molecule has 1 N–H and O–H groups in total. The van der Waals surface area contributed by atoms with E-state index in [1.807, 2.05) is 0 Å². The van der Waals surface area contributed by atoms with Crippen molar-refractivity contribution in [2.45, 2.75) is 6.42 Å². The minimum Gasteiger partial charge on any atom is -0.384 e. The lowest BCUT2D eigenvalue weighted by molar-refractivity contribution is 0.308. The summed E-state index contributed by atoms with van der Waals surface area (Å²) in [5, 5.41) is 3.28. The zero-order chi connectivity index (χ0) is 13.4. The number of halogens is 1. The Morgan fingerprint density at radius 3 is 2.28 bits per heavy atom. The van der Waals surface area contributed by atoms with Crippen molar-refractivity contribution in [2.75, 3.05) is 52.6 Å². The molecule has 0 amide bonds. The van der Waals surface area contributed by atoms with Crippen LogP contribution in [0.1, 0.15) is 6.42 Å². The van der Waals surface area contributed by atoms with Crippen LogP contribution in [-0.2, 0) is 0 Å². The first-order valence-electron chi connectivity index (χ1n) is 6.40. The molecular formula is C14H24FN3. The van der Waals surface area contributed by atoms with Crippen molar-refractivity contribution in [1.29, 1.82) is 0 Å². The Morgan fingerprint density at radius 2 is 1.67 bits per heavy atom. The fraction of sp³-hybridized carbons (Fsp3) is 0.571. The summed E-state index contributed by atoms with van der Waals surface area (Å²) in [4.78, 5) is 4.50. The third-order valence-electron chi connectivity index (χ3n) is 2.81. The number of hydrogen-bond acceptors (Lipinski definition) is 3. The summed E-state index contributed by atoms with van der Waals surface area (Å²) >= 11 is 0. The highest BCUT2D eigenvalue weighted by Gasteiger charge is 1.99. The van der Waals surface area contributed by atoms with Crippen LogP contribution < -0.4 is 5.32 Å². The van der Waals surface area contributed by atoms with Crippen LogP contribution >= 0.6 is 0 Å². The molecule has 0 saturated heterocycles. The van der Waals surface area contributed by atoms with Gasteiger partial charge in [0, 0.05) is 18.8 Å². The van der Waals surface area contributed by atoms with Crippen molar-refractivity contribution in [2.24, 2.45) is 0 Å². The quantitative estimate of drug-likeness (QED) is 0.765. The molecule has 0 atom stereocenters. The maximum atomic E-state index is 12.7. The molecule has 0 aliphatic rings. The number of anilines is 1. The standard InChI is InChI=1S/C14H24FN3/c1-17(2)10-4-11-18(3)12-9-16-14-7-5-13(15)6-8-14/h5-8,16H,4,9-12H2,1-3H3. The summed E-state index contributed by atoms with van der Waals surface area (Å²) < 4.78 is 12.7. The van der Waals surface area contributed by atoms with E-state index in [1.165, 1.54) is 18.6 Å². The molecule has 3 nitrogen and oxygen atoms in total. The van der Waals surface area contributed by atoms with Crippen LogP contribution in [0.2, 0.25) is 0 Å². The zero-order valence-electron chi connectivity index (χ0n) is 11.6. The van der Waals surface area contributed by atoms with E-state index in [1.54, 1.807) is 12.1 Å². The Bertz CT molecular complexity index is 324. The second-order valence-electron chi connectivity index (χ2n) is 4.89. The molecule has 0 unspecified atom stereocenters. The van der Waals surface area contributed by atoms with E-state index in [0.29, 0.717) is 0 Å². The normalized spacial score (nSPS) is 11.2. The van der Waals surface area contributed by atoms with Gasteiger partial charge >= 0.3 is 0 Å². The lowest BCUT2D eigenvalue weighted by Crippen LogP contribution is -2.28.